The predicted octanol–water partition coefficient (Wildman–Crippen LogP) is 2.89. The molecule has 0 unspecified atom stereocenters. The van der Waals surface area contributed by atoms with Gasteiger partial charge in [0.15, 0.2) is 17.3 Å². The molecule has 0 spiro atoms. The molecule has 112 valence electrons. The van der Waals surface area contributed by atoms with Gasteiger partial charge in [-0.05, 0) is 25.1 Å². The topological polar surface area (TPSA) is 89.1 Å². The van der Waals surface area contributed by atoms with Crippen LogP contribution in [0.25, 0.3) is 21.9 Å². The quantitative estimate of drug-likeness (QED) is 0.707. The summed E-state index contributed by atoms with van der Waals surface area (Å²) in [7, 11) is 1.49. The van der Waals surface area contributed by atoms with Crippen molar-refractivity contribution in [3.05, 3.63) is 29.3 Å². The maximum absolute atomic E-state index is 11.8. The lowest BCUT2D eigenvalue weighted by Gasteiger charge is -2.22. The average molecular weight is 300 g/mol. The molecular weight excluding hydrogens is 288 g/mol. The Morgan fingerprint density at radius 1 is 1.32 bits per heavy atom. The molecule has 22 heavy (non-hydrogen) atoms. The Hall–Kier alpha value is -2.73. The average Bonchev–Trinajstić information content (AvgIpc) is 2.87. The fraction of sp³-hybridized carbons (Fsp3) is 0.188. The molecule has 2 heterocycles. The molecule has 3 aromatic rings. The molecule has 1 atom stereocenters. The van der Waals surface area contributed by atoms with Crippen LogP contribution in [0.5, 0.6) is 17.2 Å². The van der Waals surface area contributed by atoms with Crippen LogP contribution >= 0.6 is 0 Å². The Balaban J connectivity index is 2.29. The van der Waals surface area contributed by atoms with Crippen LogP contribution in [0.1, 0.15) is 29.1 Å². The lowest BCUT2D eigenvalue weighted by Crippen LogP contribution is -2.12. The number of benzene rings is 2. The second-order valence-corrected chi connectivity index (χ2v) is 5.16. The van der Waals surface area contributed by atoms with Gasteiger partial charge in [0.05, 0.1) is 23.6 Å². The van der Waals surface area contributed by atoms with Gasteiger partial charge in [0.2, 0.25) is 6.29 Å². The number of Topliss-reactive ketones (excluding diaryl/α,β-unsaturated/α-hetero) is 1. The van der Waals surface area contributed by atoms with E-state index in [4.69, 9.17) is 13.9 Å². The number of hydrogen-bond acceptors (Lipinski definition) is 6. The lowest BCUT2D eigenvalue weighted by atomic mass is 9.99. The standard InChI is InChI=1S/C16H12O6/c1-6(17)7-5-8(18)15-13-11-10(21-14(7)13)4-3-9(20-2)12(11)16(19)22-15/h3-5,16,18-19H,1-2H3/t16-/m0/s1. The molecule has 0 bridgehead atoms. The maximum atomic E-state index is 11.8. The van der Waals surface area contributed by atoms with Crippen LogP contribution < -0.4 is 9.47 Å². The van der Waals surface area contributed by atoms with Crippen molar-refractivity contribution in [2.75, 3.05) is 7.11 Å². The predicted molar refractivity (Wildman–Crippen MR) is 77.5 cm³/mol. The number of hydrogen-bond donors (Lipinski definition) is 2. The fourth-order valence-electron chi connectivity index (χ4n) is 2.97. The van der Waals surface area contributed by atoms with E-state index in [2.05, 4.69) is 0 Å². The largest absolute Gasteiger partial charge is 0.504 e. The molecule has 6 heteroatoms. The zero-order valence-electron chi connectivity index (χ0n) is 11.8. The molecule has 2 aromatic carbocycles. The van der Waals surface area contributed by atoms with E-state index >= 15 is 0 Å². The van der Waals surface area contributed by atoms with Gasteiger partial charge >= 0.3 is 0 Å². The zero-order valence-corrected chi connectivity index (χ0v) is 11.8. The van der Waals surface area contributed by atoms with Crippen molar-refractivity contribution < 1.29 is 28.9 Å². The first-order valence-corrected chi connectivity index (χ1v) is 6.67. The van der Waals surface area contributed by atoms with Crippen LogP contribution in [0.3, 0.4) is 0 Å². The molecule has 1 aromatic heterocycles. The van der Waals surface area contributed by atoms with Crippen LogP contribution in [-0.4, -0.2) is 23.1 Å². The number of furan rings is 1. The number of aromatic hydroxyl groups is 1. The van der Waals surface area contributed by atoms with Crippen molar-refractivity contribution in [1.29, 1.82) is 0 Å². The summed E-state index contributed by atoms with van der Waals surface area (Å²) < 4.78 is 16.4. The van der Waals surface area contributed by atoms with Crippen LogP contribution in [0, 0.1) is 0 Å². The summed E-state index contributed by atoms with van der Waals surface area (Å²) in [5, 5.41) is 21.4. The molecule has 0 fully saturated rings. The third kappa shape index (κ3) is 1.44. The second kappa shape index (κ2) is 4.14. The molecular formula is C16H12O6. The summed E-state index contributed by atoms with van der Waals surface area (Å²) in [4.78, 5) is 11.8. The van der Waals surface area contributed by atoms with Gasteiger partial charge in [0.1, 0.15) is 16.9 Å². The van der Waals surface area contributed by atoms with Crippen LogP contribution in [0.15, 0.2) is 22.6 Å². The smallest absolute Gasteiger partial charge is 0.228 e. The van der Waals surface area contributed by atoms with Crippen molar-refractivity contribution in [3.8, 4) is 17.2 Å². The summed E-state index contributed by atoms with van der Waals surface area (Å²) in [5.41, 5.74) is 1.50. The number of ketones is 1. The van der Waals surface area contributed by atoms with E-state index in [9.17, 15) is 15.0 Å². The molecule has 0 saturated heterocycles. The van der Waals surface area contributed by atoms with Crippen LogP contribution in [0.2, 0.25) is 0 Å². The molecule has 4 rings (SSSR count). The van der Waals surface area contributed by atoms with E-state index in [0.717, 1.165) is 0 Å². The number of aliphatic hydroxyl groups is 1. The molecule has 0 aliphatic carbocycles. The fourth-order valence-corrected chi connectivity index (χ4v) is 2.97. The van der Waals surface area contributed by atoms with Gasteiger partial charge in [-0.25, -0.2) is 0 Å². The van der Waals surface area contributed by atoms with Gasteiger partial charge in [-0.1, -0.05) is 0 Å². The number of phenols is 1. The lowest BCUT2D eigenvalue weighted by molar-refractivity contribution is -0.0217. The highest BCUT2D eigenvalue weighted by Crippen LogP contribution is 2.51. The summed E-state index contributed by atoms with van der Waals surface area (Å²) in [6, 6.07) is 4.64. The minimum atomic E-state index is -1.29. The SMILES string of the molecule is COc1ccc2oc3c(C(C)=O)cc(O)c4c3c2c1[C@@H](O)O4. The second-order valence-electron chi connectivity index (χ2n) is 5.16. The van der Waals surface area contributed by atoms with Gasteiger partial charge < -0.3 is 24.1 Å². The number of ether oxygens (including phenoxy) is 2. The Morgan fingerprint density at radius 3 is 2.77 bits per heavy atom. The number of phenolic OH excluding ortho intramolecular Hbond substituents is 1. The minimum Gasteiger partial charge on any atom is -0.504 e. The van der Waals surface area contributed by atoms with Crippen molar-refractivity contribution in [3.63, 3.8) is 0 Å². The molecule has 1 aliphatic heterocycles. The van der Waals surface area contributed by atoms with Crippen LogP contribution in [-0.2, 0) is 0 Å². The summed E-state index contributed by atoms with van der Waals surface area (Å²) in [6.45, 7) is 1.39. The van der Waals surface area contributed by atoms with Gasteiger partial charge in [-0.2, -0.15) is 0 Å². The highest BCUT2D eigenvalue weighted by Gasteiger charge is 2.33. The zero-order chi connectivity index (χ0) is 15.6. The monoisotopic (exact) mass is 300 g/mol. The number of rotatable bonds is 2. The van der Waals surface area contributed by atoms with Crippen molar-refractivity contribution in [1.82, 2.24) is 0 Å². The summed E-state index contributed by atoms with van der Waals surface area (Å²) >= 11 is 0. The van der Waals surface area contributed by atoms with Gasteiger partial charge in [-0.15, -0.1) is 0 Å². The van der Waals surface area contributed by atoms with Crippen LogP contribution in [0.4, 0.5) is 0 Å². The Bertz CT molecular complexity index is 953. The highest BCUT2D eigenvalue weighted by molar-refractivity contribution is 6.18. The van der Waals surface area contributed by atoms with Gasteiger partial charge in [-0.3, -0.25) is 4.79 Å². The number of methoxy groups -OCH3 is 1. The maximum Gasteiger partial charge on any atom is 0.228 e. The molecule has 1 aliphatic rings. The van der Waals surface area contributed by atoms with Gasteiger partial charge in [0.25, 0.3) is 0 Å². The minimum absolute atomic E-state index is 0.104. The third-order valence-corrected chi connectivity index (χ3v) is 3.92. The van der Waals surface area contributed by atoms with Crippen molar-refractivity contribution >= 4 is 27.7 Å². The first-order chi connectivity index (χ1) is 10.5. The first kappa shape index (κ1) is 13.0. The Labute approximate surface area is 124 Å². The summed E-state index contributed by atoms with van der Waals surface area (Å²) in [6.07, 6.45) is -1.29. The van der Waals surface area contributed by atoms with Crippen molar-refractivity contribution in [2.45, 2.75) is 13.2 Å². The molecule has 0 amide bonds. The summed E-state index contributed by atoms with van der Waals surface area (Å²) in [5.74, 6) is 0.0986. The number of aliphatic hydroxyl groups excluding tert-OH is 1. The highest BCUT2D eigenvalue weighted by atomic mass is 16.6. The van der Waals surface area contributed by atoms with E-state index in [1.807, 2.05) is 0 Å². The molecule has 6 nitrogen and oxygen atoms in total. The van der Waals surface area contributed by atoms with Gasteiger partial charge in [0, 0.05) is 5.39 Å². The van der Waals surface area contributed by atoms with E-state index in [-0.39, 0.29) is 22.8 Å². The number of carbonyl (C=O) groups excluding carboxylic acids is 1. The number of carbonyl (C=O) groups is 1. The third-order valence-electron chi connectivity index (χ3n) is 3.92. The molecule has 0 radical (unpaired) electrons. The Morgan fingerprint density at radius 2 is 2.09 bits per heavy atom. The van der Waals surface area contributed by atoms with E-state index in [1.165, 1.54) is 20.1 Å². The van der Waals surface area contributed by atoms with E-state index < -0.39 is 6.29 Å². The normalized spacial score (nSPS) is 16.2. The molecule has 0 saturated carbocycles. The Kier molecular flexibility index (Phi) is 2.44. The van der Waals surface area contributed by atoms with Crippen molar-refractivity contribution in [2.24, 2.45) is 0 Å². The first-order valence-electron chi connectivity index (χ1n) is 6.67. The van der Waals surface area contributed by atoms with E-state index in [1.54, 1.807) is 12.1 Å². The molecule has 2 N–H and O–H groups in total. The van der Waals surface area contributed by atoms with E-state index in [0.29, 0.717) is 33.3 Å².